The molecule has 0 atom stereocenters. The number of benzene rings is 1. The van der Waals surface area contributed by atoms with E-state index >= 15 is 0 Å². The maximum atomic E-state index is 13.1. The highest BCUT2D eigenvalue weighted by atomic mass is 35.5. The lowest BCUT2D eigenvalue weighted by atomic mass is 10.3. The second-order valence-corrected chi connectivity index (χ2v) is 2.42. The molecule has 0 saturated carbocycles. The summed E-state index contributed by atoms with van der Waals surface area (Å²) in [7, 11) is 6.10. The maximum absolute atomic E-state index is 13.1. The van der Waals surface area contributed by atoms with Crippen LogP contribution in [-0.4, -0.2) is 15.2 Å². The number of hydrogen-bond donors (Lipinski definition) is 0. The van der Waals surface area contributed by atoms with E-state index in [2.05, 4.69) is 9.39 Å². The minimum Gasteiger partial charge on any atom is -0.566 e. The lowest BCUT2D eigenvalue weighted by Gasteiger charge is -2.07. The maximum Gasteiger partial charge on any atom is 0.374 e. The number of halogens is 2. The molecule has 12 heavy (non-hydrogen) atoms. The average Bonchev–Trinajstić information content (AvgIpc) is 2.06. The van der Waals surface area contributed by atoms with Gasteiger partial charge in [0.25, 0.3) is 0 Å². The van der Waals surface area contributed by atoms with Gasteiger partial charge in [0, 0.05) is 0 Å². The lowest BCUT2D eigenvalue weighted by molar-refractivity contribution is 0.378. The van der Waals surface area contributed by atoms with Crippen LogP contribution in [0.15, 0.2) is 12.1 Å². The first-order chi connectivity index (χ1) is 5.70. The van der Waals surface area contributed by atoms with Crippen LogP contribution in [0.5, 0.6) is 11.5 Å². The second kappa shape index (κ2) is 3.67. The molecule has 0 aliphatic heterocycles. The van der Waals surface area contributed by atoms with Crippen LogP contribution in [0.2, 0.25) is 5.02 Å². The van der Waals surface area contributed by atoms with Crippen molar-refractivity contribution in [3.8, 4) is 11.5 Å². The molecule has 1 aromatic rings. The highest BCUT2D eigenvalue weighted by Gasteiger charge is 2.12. The summed E-state index contributed by atoms with van der Waals surface area (Å²) in [4.78, 5) is 0. The van der Waals surface area contributed by atoms with Gasteiger partial charge in [-0.2, -0.15) is 4.39 Å². The number of rotatable bonds is 2. The normalized spacial score (nSPS) is 9.58. The van der Waals surface area contributed by atoms with E-state index in [9.17, 15) is 4.39 Å². The zero-order chi connectivity index (χ0) is 9.14. The molecule has 5 heteroatoms. The Bertz CT molecular complexity index is 293. The Hall–Kier alpha value is -0.895. The van der Waals surface area contributed by atoms with Gasteiger partial charge in [-0.25, -0.2) is 0 Å². The first-order valence-electron chi connectivity index (χ1n) is 3.09. The van der Waals surface area contributed by atoms with E-state index in [1.165, 1.54) is 19.2 Å². The molecule has 0 heterocycles. The van der Waals surface area contributed by atoms with Crippen LogP contribution in [0.1, 0.15) is 0 Å². The molecule has 1 rings (SSSR count). The fourth-order valence-corrected chi connectivity index (χ4v) is 1.02. The zero-order valence-electron chi connectivity index (χ0n) is 6.30. The predicted octanol–water partition coefficient (Wildman–Crippen LogP) is 1.95. The van der Waals surface area contributed by atoms with Crippen molar-refractivity contribution in [2.75, 3.05) is 7.11 Å². The third-order valence-electron chi connectivity index (χ3n) is 1.34. The third-order valence-corrected chi connectivity index (χ3v) is 1.64. The Kier molecular flexibility index (Phi) is 2.81. The van der Waals surface area contributed by atoms with Crippen molar-refractivity contribution in [2.24, 2.45) is 0 Å². The molecule has 0 aliphatic carbocycles. The van der Waals surface area contributed by atoms with Crippen LogP contribution in [0.4, 0.5) is 4.39 Å². The zero-order valence-corrected chi connectivity index (χ0v) is 7.06. The van der Waals surface area contributed by atoms with Crippen molar-refractivity contribution in [1.29, 1.82) is 0 Å². The molecule has 2 nitrogen and oxygen atoms in total. The van der Waals surface area contributed by atoms with Gasteiger partial charge in [-0.05, 0) is 12.1 Å². The van der Waals surface area contributed by atoms with Gasteiger partial charge in [0.15, 0.2) is 5.75 Å². The molecular weight excluding hydrogens is 181 g/mol. The summed E-state index contributed by atoms with van der Waals surface area (Å²) in [6.07, 6.45) is 0. The lowest BCUT2D eigenvalue weighted by Crippen LogP contribution is -1.94. The van der Waals surface area contributed by atoms with Gasteiger partial charge in [0.1, 0.15) is 5.75 Å². The van der Waals surface area contributed by atoms with Gasteiger partial charge in [0.2, 0.25) is 5.82 Å². The fourth-order valence-electron chi connectivity index (χ4n) is 0.793. The van der Waals surface area contributed by atoms with Crippen molar-refractivity contribution in [3.63, 3.8) is 0 Å². The Morgan fingerprint density at radius 1 is 1.50 bits per heavy atom. The van der Waals surface area contributed by atoms with Gasteiger partial charge in [-0.1, -0.05) is 11.6 Å². The molecule has 0 saturated heterocycles. The van der Waals surface area contributed by atoms with Gasteiger partial charge in [-0.3, -0.25) is 0 Å². The SMILES string of the molecule is [B]Oc1ccc(Cl)c(OC)c1F. The summed E-state index contributed by atoms with van der Waals surface area (Å²) in [5, 5.41) is 0.177. The summed E-state index contributed by atoms with van der Waals surface area (Å²) in [6.45, 7) is 0. The summed E-state index contributed by atoms with van der Waals surface area (Å²) in [5.41, 5.74) is 0. The first kappa shape index (κ1) is 9.19. The molecule has 0 spiro atoms. The minimum atomic E-state index is -0.701. The molecule has 0 N–H and O–H groups in total. The summed E-state index contributed by atoms with van der Waals surface area (Å²) >= 11 is 5.60. The van der Waals surface area contributed by atoms with Crippen molar-refractivity contribution >= 4 is 19.7 Å². The van der Waals surface area contributed by atoms with Crippen molar-refractivity contribution < 1.29 is 13.8 Å². The predicted molar refractivity (Wildman–Crippen MR) is 44.3 cm³/mol. The standard InChI is InChI=1S/C7H5BClFO2/c1-11-7-4(9)2-3-5(12-8)6(7)10/h2-3H,1H3. The van der Waals surface area contributed by atoms with E-state index in [0.717, 1.165) is 0 Å². The molecule has 0 aliphatic rings. The second-order valence-electron chi connectivity index (χ2n) is 2.01. The highest BCUT2D eigenvalue weighted by molar-refractivity contribution is 6.32. The van der Waals surface area contributed by atoms with Crippen LogP contribution in [0.3, 0.4) is 0 Å². The summed E-state index contributed by atoms with van der Waals surface area (Å²) in [5.74, 6) is -0.872. The monoisotopic (exact) mass is 186 g/mol. The Morgan fingerprint density at radius 2 is 2.17 bits per heavy atom. The topological polar surface area (TPSA) is 18.5 Å². The number of hydrogen-bond acceptors (Lipinski definition) is 2. The Labute approximate surface area is 75.7 Å². The van der Waals surface area contributed by atoms with E-state index in [-0.39, 0.29) is 16.5 Å². The summed E-state index contributed by atoms with van der Waals surface area (Å²) in [6, 6.07) is 2.76. The van der Waals surface area contributed by atoms with Gasteiger partial charge < -0.3 is 9.39 Å². The molecule has 0 amide bonds. The third kappa shape index (κ3) is 1.48. The Balaban J connectivity index is 3.24. The Morgan fingerprint density at radius 3 is 2.67 bits per heavy atom. The van der Waals surface area contributed by atoms with E-state index < -0.39 is 5.82 Å². The molecule has 0 aromatic heterocycles. The van der Waals surface area contributed by atoms with Gasteiger partial charge >= 0.3 is 8.05 Å². The minimum absolute atomic E-state index is 0.0698. The highest BCUT2D eigenvalue weighted by Crippen LogP contribution is 2.33. The molecule has 62 valence electrons. The van der Waals surface area contributed by atoms with Crippen LogP contribution in [0.25, 0.3) is 0 Å². The largest absolute Gasteiger partial charge is 0.566 e. The molecular formula is C7H5BClFO2. The smallest absolute Gasteiger partial charge is 0.374 e. The summed E-state index contributed by atoms with van der Waals surface area (Å²) < 4.78 is 22.0. The number of ether oxygens (including phenoxy) is 1. The van der Waals surface area contributed by atoms with Crippen LogP contribution >= 0.6 is 11.6 Å². The van der Waals surface area contributed by atoms with Crippen LogP contribution < -0.4 is 9.39 Å². The quantitative estimate of drug-likeness (QED) is 0.657. The molecule has 0 fully saturated rings. The molecule has 0 bridgehead atoms. The van der Waals surface area contributed by atoms with E-state index in [0.29, 0.717) is 0 Å². The van der Waals surface area contributed by atoms with E-state index in [4.69, 9.17) is 19.7 Å². The van der Waals surface area contributed by atoms with Gasteiger partial charge in [0.05, 0.1) is 12.1 Å². The van der Waals surface area contributed by atoms with Crippen molar-refractivity contribution in [3.05, 3.63) is 23.0 Å². The van der Waals surface area contributed by atoms with Gasteiger partial charge in [-0.15, -0.1) is 0 Å². The first-order valence-corrected chi connectivity index (χ1v) is 3.47. The molecule has 1 aromatic carbocycles. The number of methoxy groups -OCH3 is 1. The molecule has 0 unspecified atom stereocenters. The van der Waals surface area contributed by atoms with Crippen LogP contribution in [0, 0.1) is 5.82 Å². The van der Waals surface area contributed by atoms with E-state index in [1.807, 2.05) is 0 Å². The average molecular weight is 186 g/mol. The van der Waals surface area contributed by atoms with Crippen molar-refractivity contribution in [1.82, 2.24) is 0 Å². The van der Waals surface area contributed by atoms with Crippen molar-refractivity contribution in [2.45, 2.75) is 0 Å². The molecule has 2 radical (unpaired) electrons. The van der Waals surface area contributed by atoms with Crippen LogP contribution in [-0.2, 0) is 0 Å². The fraction of sp³-hybridized carbons (Fsp3) is 0.143. The van der Waals surface area contributed by atoms with E-state index in [1.54, 1.807) is 0 Å².